The first-order valence-corrected chi connectivity index (χ1v) is 4.24. The maximum atomic E-state index is 9.52. The third kappa shape index (κ3) is 1.61. The van der Waals surface area contributed by atoms with Gasteiger partial charge in [0.15, 0.2) is 17.4 Å². The van der Waals surface area contributed by atoms with Gasteiger partial charge in [0, 0.05) is 11.6 Å². The number of phenols is 1. The van der Waals surface area contributed by atoms with Crippen molar-refractivity contribution < 1.29 is 5.11 Å². The highest BCUT2D eigenvalue weighted by atomic mass is 27.0. The molecule has 0 saturated carbocycles. The molecule has 0 spiro atoms. The highest BCUT2D eigenvalue weighted by molar-refractivity contribution is 5.87. The van der Waals surface area contributed by atoms with Crippen LogP contribution in [-0.2, 0) is 0 Å². The topological polar surface area (TPSA) is 33.1 Å². The minimum absolute atomic E-state index is 0. The van der Waals surface area contributed by atoms with Gasteiger partial charge in [-0.2, -0.15) is 0 Å². The average molecular weight is 203 g/mol. The molecule has 1 heterocycles. The maximum Gasteiger partial charge on any atom is 0.187 e. The Balaban J connectivity index is 0.000000980. The Labute approximate surface area is 93.7 Å². The van der Waals surface area contributed by atoms with E-state index in [9.17, 15) is 5.11 Å². The molecule has 72 valence electrons. The monoisotopic (exact) mass is 203 g/mol. The second-order valence-electron chi connectivity index (χ2n) is 3.24. The highest BCUT2D eigenvalue weighted by Gasteiger charge is 2.03. The summed E-state index contributed by atoms with van der Waals surface area (Å²) in [5, 5.41) is 10.6. The molecule has 0 bridgehead atoms. The van der Waals surface area contributed by atoms with E-state index in [1.165, 1.54) is 5.56 Å². The number of benzene rings is 1. The van der Waals surface area contributed by atoms with Crippen molar-refractivity contribution in [2.45, 2.75) is 13.8 Å². The number of para-hydroxylation sites is 1. The molecule has 0 fully saturated rings. The molecule has 0 atom stereocenters. The summed E-state index contributed by atoms with van der Waals surface area (Å²) in [6, 6.07) is 5.47. The molecular weight excluding hydrogens is 189 g/mol. The van der Waals surface area contributed by atoms with Gasteiger partial charge >= 0.3 is 0 Å². The fourth-order valence-electron chi connectivity index (χ4n) is 1.44. The van der Waals surface area contributed by atoms with Crippen LogP contribution in [0, 0.1) is 13.8 Å². The maximum absolute atomic E-state index is 9.52. The summed E-state index contributed by atoms with van der Waals surface area (Å²) in [7, 11) is 0. The molecular formula is C11H14AlNO. The van der Waals surface area contributed by atoms with E-state index < -0.39 is 0 Å². The van der Waals surface area contributed by atoms with E-state index in [0.717, 1.165) is 10.9 Å². The van der Waals surface area contributed by atoms with E-state index in [1.54, 1.807) is 12.3 Å². The van der Waals surface area contributed by atoms with E-state index in [2.05, 4.69) is 4.98 Å². The van der Waals surface area contributed by atoms with Gasteiger partial charge in [0.2, 0.25) is 0 Å². The minimum Gasteiger partial charge on any atom is -0.506 e. The van der Waals surface area contributed by atoms with Gasteiger partial charge in [-0.1, -0.05) is 12.1 Å². The molecule has 3 heteroatoms. The van der Waals surface area contributed by atoms with Crippen molar-refractivity contribution in [3.8, 4) is 5.75 Å². The highest BCUT2D eigenvalue weighted by Crippen LogP contribution is 2.25. The Morgan fingerprint density at radius 2 is 1.93 bits per heavy atom. The van der Waals surface area contributed by atoms with Crippen molar-refractivity contribution in [3.05, 3.63) is 35.5 Å². The van der Waals surface area contributed by atoms with Crippen LogP contribution in [0.1, 0.15) is 11.1 Å². The number of nitrogens with zero attached hydrogens (tertiary/aromatic N) is 1. The molecule has 0 aliphatic heterocycles. The molecule has 0 aliphatic rings. The van der Waals surface area contributed by atoms with Crippen molar-refractivity contribution in [1.29, 1.82) is 0 Å². The van der Waals surface area contributed by atoms with Gasteiger partial charge in [0.05, 0.1) is 0 Å². The molecule has 0 aliphatic carbocycles. The van der Waals surface area contributed by atoms with E-state index in [4.69, 9.17) is 0 Å². The molecule has 2 rings (SSSR count). The van der Waals surface area contributed by atoms with E-state index in [-0.39, 0.29) is 23.1 Å². The fourth-order valence-corrected chi connectivity index (χ4v) is 1.44. The van der Waals surface area contributed by atoms with Crippen LogP contribution < -0.4 is 0 Å². The van der Waals surface area contributed by atoms with Gasteiger partial charge in [-0.3, -0.25) is 4.98 Å². The van der Waals surface area contributed by atoms with Gasteiger partial charge in [0.25, 0.3) is 0 Å². The predicted molar refractivity (Wildman–Crippen MR) is 62.8 cm³/mol. The predicted octanol–water partition coefficient (Wildman–Crippen LogP) is 1.37. The summed E-state index contributed by atoms with van der Waals surface area (Å²) in [6.45, 7) is 4.06. The summed E-state index contributed by atoms with van der Waals surface area (Å²) in [6.07, 6.45) is 1.79. The Morgan fingerprint density at radius 3 is 2.64 bits per heavy atom. The number of aryl methyl sites for hydroxylation is 2. The van der Waals surface area contributed by atoms with Crippen LogP contribution in [0.25, 0.3) is 10.9 Å². The molecule has 0 saturated heterocycles. The zero-order valence-corrected chi connectivity index (χ0v) is 7.70. The van der Waals surface area contributed by atoms with E-state index in [0.29, 0.717) is 5.52 Å². The normalized spacial score (nSPS) is 9.86. The lowest BCUT2D eigenvalue weighted by Gasteiger charge is -2.05. The Bertz CT molecular complexity index is 468. The van der Waals surface area contributed by atoms with Crippen LogP contribution in [0.15, 0.2) is 24.4 Å². The van der Waals surface area contributed by atoms with Crippen molar-refractivity contribution >= 4 is 28.3 Å². The third-order valence-electron chi connectivity index (χ3n) is 2.40. The van der Waals surface area contributed by atoms with Gasteiger partial charge in [-0.15, -0.1) is 0 Å². The first kappa shape index (κ1) is 11.0. The largest absolute Gasteiger partial charge is 0.506 e. The number of hydrogen-bond donors (Lipinski definition) is 1. The van der Waals surface area contributed by atoms with Gasteiger partial charge in [-0.25, -0.2) is 0 Å². The fraction of sp³-hybridized carbons (Fsp3) is 0.182. The standard InChI is InChI=1S/C11H11NO.Al.3H/c1-7-6-12-11-9(8(7)2)4-3-5-10(11)13;;;;/h3-6,13H,1-2H3;;;;. The molecule has 1 aromatic carbocycles. The van der Waals surface area contributed by atoms with Crippen LogP contribution in [0.4, 0.5) is 0 Å². The van der Waals surface area contributed by atoms with Gasteiger partial charge in [-0.05, 0) is 31.0 Å². The number of pyridine rings is 1. The summed E-state index contributed by atoms with van der Waals surface area (Å²) < 4.78 is 0. The SMILES string of the molecule is Cc1cnc2c(O)cccc2c1C.[AlH3]. The summed E-state index contributed by atoms with van der Waals surface area (Å²) >= 11 is 0. The molecule has 1 N–H and O–H groups in total. The van der Waals surface area contributed by atoms with Crippen LogP contribution in [-0.4, -0.2) is 27.5 Å². The second-order valence-corrected chi connectivity index (χ2v) is 3.24. The second kappa shape index (κ2) is 4.00. The molecule has 1 aromatic heterocycles. The lowest BCUT2D eigenvalue weighted by molar-refractivity contribution is 0.480. The quantitative estimate of drug-likeness (QED) is 0.656. The number of fused-ring (bicyclic) bond motifs is 1. The Morgan fingerprint density at radius 1 is 1.21 bits per heavy atom. The smallest absolute Gasteiger partial charge is 0.187 e. The molecule has 0 unspecified atom stereocenters. The van der Waals surface area contributed by atoms with Crippen molar-refractivity contribution in [2.24, 2.45) is 0 Å². The Kier molecular flexibility index (Phi) is 3.15. The van der Waals surface area contributed by atoms with Gasteiger partial charge in [0.1, 0.15) is 11.3 Å². The van der Waals surface area contributed by atoms with Gasteiger partial charge < -0.3 is 5.11 Å². The summed E-state index contributed by atoms with van der Waals surface area (Å²) in [5.74, 6) is 0.251. The zero-order valence-electron chi connectivity index (χ0n) is 7.70. The molecule has 2 aromatic rings. The average Bonchev–Trinajstić information content (AvgIpc) is 2.12. The number of hydrogen-bond acceptors (Lipinski definition) is 2. The third-order valence-corrected chi connectivity index (χ3v) is 2.40. The van der Waals surface area contributed by atoms with Crippen molar-refractivity contribution in [1.82, 2.24) is 4.98 Å². The van der Waals surface area contributed by atoms with Crippen molar-refractivity contribution in [2.75, 3.05) is 0 Å². The number of phenolic OH excluding ortho intramolecular Hbond substituents is 1. The number of rotatable bonds is 0. The summed E-state index contributed by atoms with van der Waals surface area (Å²) in [4.78, 5) is 4.19. The summed E-state index contributed by atoms with van der Waals surface area (Å²) in [5.41, 5.74) is 3.02. The molecule has 14 heavy (non-hydrogen) atoms. The number of aromatic nitrogens is 1. The van der Waals surface area contributed by atoms with E-state index >= 15 is 0 Å². The van der Waals surface area contributed by atoms with Crippen LogP contribution in [0.2, 0.25) is 0 Å². The number of aromatic hydroxyl groups is 1. The van der Waals surface area contributed by atoms with Crippen LogP contribution >= 0.6 is 0 Å². The Hall–Kier alpha value is -1.04. The van der Waals surface area contributed by atoms with Crippen molar-refractivity contribution in [3.63, 3.8) is 0 Å². The lowest BCUT2D eigenvalue weighted by Crippen LogP contribution is -1.87. The molecule has 0 radical (unpaired) electrons. The minimum atomic E-state index is 0. The lowest BCUT2D eigenvalue weighted by atomic mass is 10.1. The van der Waals surface area contributed by atoms with Crippen LogP contribution in [0.3, 0.4) is 0 Å². The first-order chi connectivity index (χ1) is 6.20. The first-order valence-electron chi connectivity index (χ1n) is 4.24. The zero-order chi connectivity index (χ0) is 9.42. The molecule has 0 amide bonds. The van der Waals surface area contributed by atoms with E-state index in [1.807, 2.05) is 26.0 Å². The molecule has 2 nitrogen and oxygen atoms in total. The van der Waals surface area contributed by atoms with Crippen LogP contribution in [0.5, 0.6) is 5.75 Å².